The smallest absolute Gasteiger partial charge is 0.321 e. The molecule has 7 heteroatoms. The first-order valence-corrected chi connectivity index (χ1v) is 9.74. The van der Waals surface area contributed by atoms with Gasteiger partial charge in [0.25, 0.3) is 5.91 Å². The van der Waals surface area contributed by atoms with Crippen molar-refractivity contribution >= 4 is 11.9 Å². The molecule has 7 nitrogen and oxygen atoms in total. The summed E-state index contributed by atoms with van der Waals surface area (Å²) in [6.45, 7) is 3.75. The minimum Gasteiger partial charge on any atom is -0.493 e. The van der Waals surface area contributed by atoms with Crippen LogP contribution in [0.3, 0.4) is 0 Å². The summed E-state index contributed by atoms with van der Waals surface area (Å²) in [5.74, 6) is 1.00. The number of quaternary nitrogens is 1. The number of carbonyl (C=O) groups is 2. The molecule has 0 radical (unpaired) electrons. The highest BCUT2D eigenvalue weighted by molar-refractivity contribution is 5.94. The Balaban J connectivity index is 1.88. The van der Waals surface area contributed by atoms with Crippen LogP contribution >= 0.6 is 0 Å². The van der Waals surface area contributed by atoms with E-state index in [2.05, 4.69) is 10.6 Å². The van der Waals surface area contributed by atoms with Crippen LogP contribution in [0.25, 0.3) is 0 Å². The van der Waals surface area contributed by atoms with Gasteiger partial charge < -0.3 is 19.7 Å². The highest BCUT2D eigenvalue weighted by atomic mass is 16.5. The fourth-order valence-electron chi connectivity index (χ4n) is 2.82. The number of methoxy groups -OCH3 is 1. The van der Waals surface area contributed by atoms with Crippen LogP contribution in [-0.2, 0) is 17.9 Å². The highest BCUT2D eigenvalue weighted by Gasteiger charge is 2.14. The van der Waals surface area contributed by atoms with Crippen molar-refractivity contribution in [2.75, 3.05) is 27.2 Å². The zero-order chi connectivity index (χ0) is 21.1. The molecule has 0 fully saturated rings. The molecular weight excluding hydrogens is 370 g/mol. The Kier molecular flexibility index (Phi) is 8.98. The molecule has 0 saturated heterocycles. The number of amides is 3. The van der Waals surface area contributed by atoms with Crippen molar-refractivity contribution < 1.29 is 24.0 Å². The van der Waals surface area contributed by atoms with Crippen molar-refractivity contribution in [3.05, 3.63) is 59.7 Å². The number of ether oxygens (including phenoxy) is 2. The lowest BCUT2D eigenvalue weighted by molar-refractivity contribution is -0.885. The fraction of sp³-hybridized carbons (Fsp3) is 0.364. The zero-order valence-corrected chi connectivity index (χ0v) is 17.3. The van der Waals surface area contributed by atoms with Crippen molar-refractivity contribution in [2.24, 2.45) is 0 Å². The second-order valence-corrected chi connectivity index (χ2v) is 6.87. The Morgan fingerprint density at radius 1 is 1.03 bits per heavy atom. The molecule has 3 amide bonds. The largest absolute Gasteiger partial charge is 0.493 e. The maximum absolute atomic E-state index is 12.0. The average molecular weight is 400 g/mol. The van der Waals surface area contributed by atoms with Crippen molar-refractivity contribution in [3.63, 3.8) is 0 Å². The maximum Gasteiger partial charge on any atom is 0.321 e. The number of likely N-dealkylation sites (N-methyl/N-ethyl adjacent to an activating group) is 1. The lowest BCUT2D eigenvalue weighted by Gasteiger charge is -2.16. The Hall–Kier alpha value is -3.06. The molecule has 0 bridgehead atoms. The molecule has 156 valence electrons. The van der Waals surface area contributed by atoms with Gasteiger partial charge in [-0.2, -0.15) is 0 Å². The van der Waals surface area contributed by atoms with Gasteiger partial charge >= 0.3 is 6.03 Å². The molecular formula is C22H30N3O4+. The van der Waals surface area contributed by atoms with Crippen molar-refractivity contribution in [3.8, 4) is 11.5 Å². The standard InChI is InChI=1S/C22H29N3O4/c1-4-12-23-22(27)24-21(26)15-25(2)14-18-10-11-19(20(13-18)28-3)29-16-17-8-6-5-7-9-17/h5-11,13H,4,12,14-16H2,1-3H3,(H2,23,24,26,27)/p+1. The third-order valence-corrected chi connectivity index (χ3v) is 4.22. The highest BCUT2D eigenvalue weighted by Crippen LogP contribution is 2.28. The Labute approximate surface area is 172 Å². The van der Waals surface area contributed by atoms with Crippen molar-refractivity contribution in [1.29, 1.82) is 0 Å². The van der Waals surface area contributed by atoms with Crippen LogP contribution in [0, 0.1) is 0 Å². The topological polar surface area (TPSA) is 81.1 Å². The molecule has 2 aromatic carbocycles. The summed E-state index contributed by atoms with van der Waals surface area (Å²) >= 11 is 0. The van der Waals surface area contributed by atoms with Gasteiger partial charge in [-0.15, -0.1) is 0 Å². The first kappa shape index (κ1) is 22.2. The number of rotatable bonds is 10. The minimum absolute atomic E-state index is 0.189. The second-order valence-electron chi connectivity index (χ2n) is 6.87. The van der Waals surface area contributed by atoms with Crippen LogP contribution in [0.4, 0.5) is 4.79 Å². The van der Waals surface area contributed by atoms with E-state index in [-0.39, 0.29) is 12.5 Å². The van der Waals surface area contributed by atoms with Gasteiger partial charge in [0.15, 0.2) is 18.0 Å². The summed E-state index contributed by atoms with van der Waals surface area (Å²) in [5, 5.41) is 4.96. The predicted octanol–water partition coefficient (Wildman–Crippen LogP) is 1.52. The number of nitrogens with one attached hydrogen (secondary N) is 3. The Morgan fingerprint density at radius 3 is 2.48 bits per heavy atom. The molecule has 2 aromatic rings. The molecule has 3 N–H and O–H groups in total. The third kappa shape index (κ3) is 7.83. The zero-order valence-electron chi connectivity index (χ0n) is 17.3. The van der Waals surface area contributed by atoms with Gasteiger partial charge in [-0.05, 0) is 30.2 Å². The first-order chi connectivity index (χ1) is 14.0. The molecule has 0 heterocycles. The van der Waals surface area contributed by atoms with Gasteiger partial charge in [0.2, 0.25) is 0 Å². The SMILES string of the molecule is CCCNC(=O)NC(=O)C[NH+](C)Cc1ccc(OCc2ccccc2)c(OC)c1. The van der Waals surface area contributed by atoms with Gasteiger partial charge in [0, 0.05) is 12.1 Å². The van der Waals surface area contributed by atoms with Crippen LogP contribution in [0.1, 0.15) is 24.5 Å². The summed E-state index contributed by atoms with van der Waals surface area (Å²) in [4.78, 5) is 24.5. The second kappa shape index (κ2) is 11.7. The van der Waals surface area contributed by atoms with E-state index in [1.165, 1.54) is 0 Å². The van der Waals surface area contributed by atoms with E-state index in [1.807, 2.05) is 62.5 Å². The van der Waals surface area contributed by atoms with Gasteiger partial charge in [0.05, 0.1) is 14.2 Å². The molecule has 29 heavy (non-hydrogen) atoms. The van der Waals surface area contributed by atoms with Crippen molar-refractivity contribution in [1.82, 2.24) is 10.6 Å². The van der Waals surface area contributed by atoms with E-state index in [1.54, 1.807) is 7.11 Å². The number of benzene rings is 2. The molecule has 2 rings (SSSR count). The number of urea groups is 1. The fourth-order valence-corrected chi connectivity index (χ4v) is 2.82. The normalized spacial score (nSPS) is 11.4. The van der Waals surface area contributed by atoms with Gasteiger partial charge in [-0.1, -0.05) is 37.3 Å². The summed E-state index contributed by atoms with van der Waals surface area (Å²) in [6, 6.07) is 15.2. The van der Waals surface area contributed by atoms with Crippen molar-refractivity contribution in [2.45, 2.75) is 26.5 Å². The summed E-state index contributed by atoms with van der Waals surface area (Å²) in [7, 11) is 3.50. The summed E-state index contributed by atoms with van der Waals surface area (Å²) in [6.07, 6.45) is 0.819. The van der Waals surface area contributed by atoms with Gasteiger partial charge in [-0.25, -0.2) is 4.79 Å². The van der Waals surface area contributed by atoms with E-state index in [0.717, 1.165) is 22.4 Å². The Morgan fingerprint density at radius 2 is 1.79 bits per heavy atom. The van der Waals surface area contributed by atoms with Crippen LogP contribution < -0.4 is 25.0 Å². The first-order valence-electron chi connectivity index (χ1n) is 9.74. The molecule has 0 spiro atoms. The predicted molar refractivity (Wildman–Crippen MR) is 111 cm³/mol. The molecule has 0 aliphatic heterocycles. The minimum atomic E-state index is -0.453. The summed E-state index contributed by atoms with van der Waals surface area (Å²) in [5.41, 5.74) is 2.09. The molecule has 1 unspecified atom stereocenters. The quantitative estimate of drug-likeness (QED) is 0.565. The van der Waals surface area contributed by atoms with Gasteiger partial charge in [-0.3, -0.25) is 10.1 Å². The molecule has 1 atom stereocenters. The maximum atomic E-state index is 12.0. The molecule has 0 aliphatic carbocycles. The number of hydrogen-bond acceptors (Lipinski definition) is 4. The average Bonchev–Trinajstić information content (AvgIpc) is 2.71. The van der Waals surface area contributed by atoms with E-state index in [4.69, 9.17) is 9.47 Å². The number of carbonyl (C=O) groups excluding carboxylic acids is 2. The van der Waals surface area contributed by atoms with Crippen LogP contribution in [0.2, 0.25) is 0 Å². The number of imide groups is 1. The van der Waals surface area contributed by atoms with Crippen LogP contribution in [-0.4, -0.2) is 39.2 Å². The molecule has 0 aromatic heterocycles. The van der Waals surface area contributed by atoms with E-state index in [9.17, 15) is 9.59 Å². The Bertz CT molecular complexity index is 796. The number of hydrogen-bond donors (Lipinski definition) is 3. The van der Waals surface area contributed by atoms with E-state index >= 15 is 0 Å². The molecule has 0 saturated carbocycles. The van der Waals surface area contributed by atoms with Gasteiger partial charge in [0.1, 0.15) is 13.2 Å². The van der Waals surface area contributed by atoms with Crippen LogP contribution in [0.15, 0.2) is 48.5 Å². The lowest BCUT2D eigenvalue weighted by atomic mass is 10.2. The van der Waals surface area contributed by atoms with E-state index < -0.39 is 6.03 Å². The molecule has 0 aliphatic rings. The third-order valence-electron chi connectivity index (χ3n) is 4.22. The summed E-state index contributed by atoms with van der Waals surface area (Å²) < 4.78 is 11.3. The monoisotopic (exact) mass is 400 g/mol. The van der Waals surface area contributed by atoms with Crippen LogP contribution in [0.5, 0.6) is 11.5 Å². The lowest BCUT2D eigenvalue weighted by Crippen LogP contribution is -3.09. The van der Waals surface area contributed by atoms with E-state index in [0.29, 0.717) is 31.2 Å².